The summed E-state index contributed by atoms with van der Waals surface area (Å²) in [6, 6.07) is 22.6. The molecule has 3 aromatic carbocycles. The standard InChI is InChI=1S/C23H16Cl2N4O2/c24-15-10-12-16(13-11-15)27-23(31)19-14-26-29(17-6-2-1-3-7-17)21(19)28-22(30)18-8-4-5-9-20(18)25/h1-14H,(H,27,31)(H,28,30). The van der Waals surface area contributed by atoms with Crippen molar-refractivity contribution in [1.29, 1.82) is 0 Å². The molecule has 2 amide bonds. The van der Waals surface area contributed by atoms with Gasteiger partial charge in [-0.3, -0.25) is 9.59 Å². The van der Waals surface area contributed by atoms with Crippen LogP contribution in [0.4, 0.5) is 11.5 Å². The maximum absolute atomic E-state index is 13.0. The Balaban J connectivity index is 1.71. The topological polar surface area (TPSA) is 76.0 Å². The van der Waals surface area contributed by atoms with Crippen molar-refractivity contribution in [2.45, 2.75) is 0 Å². The second-order valence-corrected chi connectivity index (χ2v) is 7.39. The second kappa shape index (κ2) is 9.04. The molecule has 4 rings (SSSR count). The molecule has 0 atom stereocenters. The molecule has 0 saturated heterocycles. The lowest BCUT2D eigenvalue weighted by molar-refractivity contribution is 0.102. The maximum Gasteiger partial charge on any atom is 0.261 e. The van der Waals surface area contributed by atoms with Crippen LogP contribution in [0.3, 0.4) is 0 Å². The molecule has 6 nitrogen and oxygen atoms in total. The summed E-state index contributed by atoms with van der Waals surface area (Å²) in [5.74, 6) is -0.662. The molecule has 1 heterocycles. The lowest BCUT2D eigenvalue weighted by atomic mass is 10.2. The summed E-state index contributed by atoms with van der Waals surface area (Å²) in [5.41, 5.74) is 1.72. The Kier molecular flexibility index (Phi) is 6.02. The Bertz CT molecular complexity index is 1240. The van der Waals surface area contributed by atoms with E-state index in [1.54, 1.807) is 48.5 Å². The molecule has 1 aromatic heterocycles. The Morgan fingerprint density at radius 2 is 1.39 bits per heavy atom. The van der Waals surface area contributed by atoms with E-state index in [1.807, 2.05) is 30.3 Å². The SMILES string of the molecule is O=C(Nc1c(C(=O)Nc2ccc(Cl)cc2)cnn1-c1ccccc1)c1ccccc1Cl. The Morgan fingerprint density at radius 1 is 0.742 bits per heavy atom. The van der Waals surface area contributed by atoms with Gasteiger partial charge in [-0.25, -0.2) is 4.68 Å². The van der Waals surface area contributed by atoms with Crippen LogP contribution in [0, 0.1) is 0 Å². The van der Waals surface area contributed by atoms with E-state index in [0.29, 0.717) is 21.4 Å². The van der Waals surface area contributed by atoms with Crippen molar-refractivity contribution in [3.8, 4) is 5.69 Å². The highest BCUT2D eigenvalue weighted by molar-refractivity contribution is 6.34. The van der Waals surface area contributed by atoms with Crippen LogP contribution in [-0.2, 0) is 0 Å². The van der Waals surface area contributed by atoms with E-state index in [2.05, 4.69) is 15.7 Å². The summed E-state index contributed by atoms with van der Waals surface area (Å²) < 4.78 is 1.49. The minimum absolute atomic E-state index is 0.194. The highest BCUT2D eigenvalue weighted by atomic mass is 35.5. The van der Waals surface area contributed by atoms with Crippen LogP contribution in [0.5, 0.6) is 0 Å². The summed E-state index contributed by atoms with van der Waals surface area (Å²) in [6.07, 6.45) is 1.40. The zero-order valence-corrected chi connectivity index (χ0v) is 17.6. The lowest BCUT2D eigenvalue weighted by Crippen LogP contribution is -2.20. The van der Waals surface area contributed by atoms with Crippen LogP contribution < -0.4 is 10.6 Å². The monoisotopic (exact) mass is 450 g/mol. The Hall–Kier alpha value is -3.61. The van der Waals surface area contributed by atoms with Crippen LogP contribution in [0.15, 0.2) is 85.1 Å². The predicted molar refractivity (Wildman–Crippen MR) is 122 cm³/mol. The van der Waals surface area contributed by atoms with Crippen LogP contribution in [0.25, 0.3) is 5.69 Å². The minimum Gasteiger partial charge on any atom is -0.322 e. The summed E-state index contributed by atoms with van der Waals surface area (Å²) in [4.78, 5) is 25.9. The number of rotatable bonds is 5. The molecule has 0 aliphatic heterocycles. The van der Waals surface area contributed by atoms with Gasteiger partial charge in [-0.05, 0) is 48.5 Å². The third-order valence-corrected chi connectivity index (χ3v) is 5.05. The van der Waals surface area contributed by atoms with Gasteiger partial charge in [0, 0.05) is 10.7 Å². The first-order chi connectivity index (χ1) is 15.0. The van der Waals surface area contributed by atoms with E-state index in [4.69, 9.17) is 23.2 Å². The van der Waals surface area contributed by atoms with Gasteiger partial charge in [0.15, 0.2) is 0 Å². The van der Waals surface area contributed by atoms with Crippen molar-refractivity contribution < 1.29 is 9.59 Å². The van der Waals surface area contributed by atoms with Crippen molar-refractivity contribution in [3.63, 3.8) is 0 Å². The van der Waals surface area contributed by atoms with E-state index >= 15 is 0 Å². The number of hydrogen-bond donors (Lipinski definition) is 2. The Labute approximate surface area is 188 Å². The molecular formula is C23H16Cl2N4O2. The van der Waals surface area contributed by atoms with Crippen molar-refractivity contribution >= 4 is 46.5 Å². The molecule has 0 aliphatic rings. The van der Waals surface area contributed by atoms with E-state index in [1.165, 1.54) is 10.9 Å². The van der Waals surface area contributed by atoms with Crippen LogP contribution in [0.2, 0.25) is 10.0 Å². The predicted octanol–water partition coefficient (Wildman–Crippen LogP) is 5.68. The first-order valence-corrected chi connectivity index (χ1v) is 10.0. The highest BCUT2D eigenvalue weighted by Crippen LogP contribution is 2.24. The minimum atomic E-state index is -0.455. The van der Waals surface area contributed by atoms with Gasteiger partial charge >= 0.3 is 0 Å². The number of benzene rings is 3. The van der Waals surface area contributed by atoms with Gasteiger partial charge in [0.05, 0.1) is 22.5 Å². The van der Waals surface area contributed by atoms with E-state index < -0.39 is 11.8 Å². The molecule has 0 radical (unpaired) electrons. The molecular weight excluding hydrogens is 435 g/mol. The average Bonchev–Trinajstić information content (AvgIpc) is 3.20. The zero-order chi connectivity index (χ0) is 21.8. The molecule has 0 fully saturated rings. The molecule has 0 aliphatic carbocycles. The second-order valence-electron chi connectivity index (χ2n) is 6.55. The molecule has 0 saturated carbocycles. The first kappa shape index (κ1) is 20.7. The third kappa shape index (κ3) is 4.60. The van der Waals surface area contributed by atoms with Gasteiger partial charge < -0.3 is 10.6 Å². The molecule has 8 heteroatoms. The van der Waals surface area contributed by atoms with Crippen molar-refractivity contribution in [2.24, 2.45) is 0 Å². The molecule has 4 aromatic rings. The van der Waals surface area contributed by atoms with Crippen molar-refractivity contribution in [2.75, 3.05) is 10.6 Å². The number of nitrogens with one attached hydrogen (secondary N) is 2. The van der Waals surface area contributed by atoms with Gasteiger partial charge in [-0.15, -0.1) is 0 Å². The highest BCUT2D eigenvalue weighted by Gasteiger charge is 2.22. The van der Waals surface area contributed by atoms with Crippen LogP contribution >= 0.6 is 23.2 Å². The molecule has 0 spiro atoms. The van der Waals surface area contributed by atoms with Crippen molar-refractivity contribution in [3.05, 3.63) is 106 Å². The average molecular weight is 451 g/mol. The van der Waals surface area contributed by atoms with E-state index in [9.17, 15) is 9.59 Å². The third-order valence-electron chi connectivity index (χ3n) is 4.47. The molecule has 2 N–H and O–H groups in total. The van der Waals surface area contributed by atoms with Gasteiger partial charge in [0.25, 0.3) is 11.8 Å². The zero-order valence-electron chi connectivity index (χ0n) is 16.0. The van der Waals surface area contributed by atoms with Crippen molar-refractivity contribution in [1.82, 2.24) is 9.78 Å². The van der Waals surface area contributed by atoms with Gasteiger partial charge in [-0.2, -0.15) is 5.10 Å². The number of anilines is 2. The molecule has 0 unspecified atom stereocenters. The fourth-order valence-electron chi connectivity index (χ4n) is 2.95. The number of hydrogen-bond acceptors (Lipinski definition) is 3. The number of aromatic nitrogens is 2. The summed E-state index contributed by atoms with van der Waals surface area (Å²) in [7, 11) is 0. The Morgan fingerprint density at radius 3 is 2.10 bits per heavy atom. The summed E-state index contributed by atoms with van der Waals surface area (Å²) in [5, 5.41) is 10.8. The first-order valence-electron chi connectivity index (χ1n) is 9.29. The maximum atomic E-state index is 13.0. The van der Waals surface area contributed by atoms with E-state index in [0.717, 1.165) is 0 Å². The molecule has 31 heavy (non-hydrogen) atoms. The number of amides is 2. The number of para-hydroxylation sites is 1. The summed E-state index contributed by atoms with van der Waals surface area (Å²) in [6.45, 7) is 0. The molecule has 154 valence electrons. The van der Waals surface area contributed by atoms with Crippen LogP contribution in [0.1, 0.15) is 20.7 Å². The van der Waals surface area contributed by atoms with Gasteiger partial charge in [0.2, 0.25) is 0 Å². The van der Waals surface area contributed by atoms with Gasteiger partial charge in [0.1, 0.15) is 11.4 Å². The van der Waals surface area contributed by atoms with Crippen LogP contribution in [-0.4, -0.2) is 21.6 Å². The number of carbonyl (C=O) groups is 2. The van der Waals surface area contributed by atoms with Gasteiger partial charge in [-0.1, -0.05) is 53.5 Å². The largest absolute Gasteiger partial charge is 0.322 e. The fraction of sp³-hybridized carbons (Fsp3) is 0. The number of carbonyl (C=O) groups excluding carboxylic acids is 2. The fourth-order valence-corrected chi connectivity index (χ4v) is 3.30. The number of nitrogens with zero attached hydrogens (tertiary/aromatic N) is 2. The number of halogens is 2. The van der Waals surface area contributed by atoms with E-state index in [-0.39, 0.29) is 16.9 Å². The summed E-state index contributed by atoms with van der Waals surface area (Å²) >= 11 is 12.1. The quantitative estimate of drug-likeness (QED) is 0.410. The normalized spacial score (nSPS) is 10.5. The lowest BCUT2D eigenvalue weighted by Gasteiger charge is -2.12. The molecule has 0 bridgehead atoms. The smallest absolute Gasteiger partial charge is 0.261 e.